The molecule has 16 heavy (non-hydrogen) atoms. The van der Waals surface area contributed by atoms with E-state index in [-0.39, 0.29) is 21.9 Å². The summed E-state index contributed by atoms with van der Waals surface area (Å²) in [4.78, 5) is 23.5. The maximum Gasteiger partial charge on any atom is 0.211 e. The normalized spacial score (nSPS) is 15.1. The summed E-state index contributed by atoms with van der Waals surface area (Å²) in [6, 6.07) is 4.57. The van der Waals surface area contributed by atoms with Gasteiger partial charge in [-0.1, -0.05) is 11.6 Å². The first kappa shape index (κ1) is 10.7. The van der Waals surface area contributed by atoms with Crippen molar-refractivity contribution >= 4 is 23.2 Å². The number of carbonyl (C=O) groups is 2. The molecule has 0 aliphatic heterocycles. The number of hydrogen-bond donors (Lipinski definition) is 1. The van der Waals surface area contributed by atoms with Gasteiger partial charge in [0.15, 0.2) is 0 Å². The van der Waals surface area contributed by atoms with Crippen LogP contribution in [0.15, 0.2) is 28.9 Å². The molecule has 0 radical (unpaired) electrons. The van der Waals surface area contributed by atoms with Crippen molar-refractivity contribution in [3.8, 4) is 5.75 Å². The van der Waals surface area contributed by atoms with Crippen LogP contribution in [0.4, 0.5) is 0 Å². The predicted octanol–water partition coefficient (Wildman–Crippen LogP) is 1.48. The third-order valence-corrected chi connectivity index (χ3v) is 2.77. The van der Waals surface area contributed by atoms with E-state index in [2.05, 4.69) is 0 Å². The van der Waals surface area contributed by atoms with E-state index in [9.17, 15) is 9.59 Å². The van der Waals surface area contributed by atoms with Gasteiger partial charge in [0.2, 0.25) is 11.6 Å². The standard InChI is InChI=1S/C11H8ClNO3/c1-16-5-2-3-6-7(4-5)10(14)8(12)9(13)11(6)15/h2-4H,13H2,1H3. The minimum atomic E-state index is -0.451. The highest BCUT2D eigenvalue weighted by Gasteiger charge is 2.30. The smallest absolute Gasteiger partial charge is 0.211 e. The van der Waals surface area contributed by atoms with Gasteiger partial charge in [0, 0.05) is 11.1 Å². The summed E-state index contributed by atoms with van der Waals surface area (Å²) < 4.78 is 4.97. The summed E-state index contributed by atoms with van der Waals surface area (Å²) in [6.45, 7) is 0. The van der Waals surface area contributed by atoms with Crippen LogP contribution < -0.4 is 10.5 Å². The van der Waals surface area contributed by atoms with Crippen molar-refractivity contribution in [3.63, 3.8) is 0 Å². The van der Waals surface area contributed by atoms with Gasteiger partial charge < -0.3 is 10.5 Å². The molecule has 0 spiro atoms. The molecule has 0 atom stereocenters. The number of ether oxygens (including phenoxy) is 1. The van der Waals surface area contributed by atoms with Gasteiger partial charge in [-0.25, -0.2) is 0 Å². The van der Waals surface area contributed by atoms with Crippen LogP contribution >= 0.6 is 11.6 Å². The second-order valence-electron chi connectivity index (χ2n) is 3.30. The number of rotatable bonds is 1. The number of Topliss-reactive ketones (excluding diaryl/α,β-unsaturated/α-hetero) is 2. The molecule has 4 nitrogen and oxygen atoms in total. The van der Waals surface area contributed by atoms with Gasteiger partial charge in [0.1, 0.15) is 16.5 Å². The molecule has 0 aromatic heterocycles. The Balaban J connectivity index is 2.67. The molecule has 1 aliphatic carbocycles. The first-order valence-corrected chi connectivity index (χ1v) is 4.86. The van der Waals surface area contributed by atoms with Gasteiger partial charge in [0.05, 0.1) is 7.11 Å². The zero-order valence-corrected chi connectivity index (χ0v) is 9.17. The van der Waals surface area contributed by atoms with Crippen molar-refractivity contribution in [3.05, 3.63) is 40.1 Å². The first-order valence-electron chi connectivity index (χ1n) is 4.49. The fourth-order valence-electron chi connectivity index (χ4n) is 1.52. The Labute approximate surface area is 96.6 Å². The van der Waals surface area contributed by atoms with Crippen LogP contribution in [0.5, 0.6) is 5.75 Å². The van der Waals surface area contributed by atoms with Crippen LogP contribution in [0.1, 0.15) is 20.7 Å². The molecule has 1 aromatic rings. The monoisotopic (exact) mass is 237 g/mol. The van der Waals surface area contributed by atoms with Crippen LogP contribution in [0.25, 0.3) is 0 Å². The molecule has 2 rings (SSSR count). The van der Waals surface area contributed by atoms with Crippen molar-refractivity contribution < 1.29 is 14.3 Å². The summed E-state index contributed by atoms with van der Waals surface area (Å²) in [7, 11) is 1.47. The Hall–Kier alpha value is -1.81. The fourth-order valence-corrected chi connectivity index (χ4v) is 1.71. The van der Waals surface area contributed by atoms with Crippen molar-refractivity contribution in [1.82, 2.24) is 0 Å². The van der Waals surface area contributed by atoms with Gasteiger partial charge >= 0.3 is 0 Å². The van der Waals surface area contributed by atoms with Gasteiger partial charge in [-0.3, -0.25) is 9.59 Å². The number of halogens is 1. The van der Waals surface area contributed by atoms with E-state index >= 15 is 0 Å². The molecule has 0 bridgehead atoms. The lowest BCUT2D eigenvalue weighted by Crippen LogP contribution is -2.24. The largest absolute Gasteiger partial charge is 0.497 e. The Morgan fingerprint density at radius 1 is 1.19 bits per heavy atom. The predicted molar refractivity (Wildman–Crippen MR) is 58.7 cm³/mol. The number of allylic oxidation sites excluding steroid dienone is 2. The second kappa shape index (κ2) is 3.64. The highest BCUT2D eigenvalue weighted by atomic mass is 35.5. The Bertz CT molecular complexity index is 534. The molecule has 0 unspecified atom stereocenters. The Kier molecular flexibility index (Phi) is 2.44. The summed E-state index contributed by atoms with van der Waals surface area (Å²) in [5.74, 6) is -0.389. The maximum absolute atomic E-state index is 11.8. The van der Waals surface area contributed by atoms with E-state index in [0.717, 1.165) is 0 Å². The summed E-state index contributed by atoms with van der Waals surface area (Å²) in [6.07, 6.45) is 0. The molecule has 5 heteroatoms. The quantitative estimate of drug-likeness (QED) is 0.803. The highest BCUT2D eigenvalue weighted by Crippen LogP contribution is 2.28. The van der Waals surface area contributed by atoms with Gasteiger partial charge in [0.25, 0.3) is 0 Å². The lowest BCUT2D eigenvalue weighted by Gasteiger charge is -2.15. The van der Waals surface area contributed by atoms with Crippen LogP contribution in [-0.2, 0) is 0 Å². The zero-order chi connectivity index (χ0) is 11.9. The van der Waals surface area contributed by atoms with E-state index in [1.807, 2.05) is 0 Å². The molecule has 1 aromatic carbocycles. The van der Waals surface area contributed by atoms with Crippen molar-refractivity contribution in [2.75, 3.05) is 7.11 Å². The van der Waals surface area contributed by atoms with E-state index in [4.69, 9.17) is 22.1 Å². The number of benzene rings is 1. The second-order valence-corrected chi connectivity index (χ2v) is 3.68. The molecule has 0 heterocycles. The third-order valence-electron chi connectivity index (χ3n) is 2.40. The minimum Gasteiger partial charge on any atom is -0.497 e. The molecule has 0 saturated carbocycles. The van der Waals surface area contributed by atoms with Crippen molar-refractivity contribution in [1.29, 1.82) is 0 Å². The van der Waals surface area contributed by atoms with Crippen LogP contribution in [0, 0.1) is 0 Å². The Morgan fingerprint density at radius 3 is 2.50 bits per heavy atom. The molecular weight excluding hydrogens is 230 g/mol. The average Bonchev–Trinajstić information content (AvgIpc) is 2.33. The molecule has 82 valence electrons. The maximum atomic E-state index is 11.8. The summed E-state index contributed by atoms with van der Waals surface area (Å²) in [5, 5.41) is -0.231. The molecular formula is C11H8ClNO3. The number of ketones is 2. The highest BCUT2D eigenvalue weighted by molar-refractivity contribution is 6.49. The van der Waals surface area contributed by atoms with E-state index in [1.165, 1.54) is 19.2 Å². The van der Waals surface area contributed by atoms with E-state index < -0.39 is 11.6 Å². The third kappa shape index (κ3) is 1.39. The number of fused-ring (bicyclic) bond motifs is 1. The molecule has 0 amide bonds. The summed E-state index contributed by atoms with van der Waals surface area (Å²) in [5.41, 5.74) is 5.72. The van der Waals surface area contributed by atoms with Gasteiger partial charge in [-0.15, -0.1) is 0 Å². The van der Waals surface area contributed by atoms with Gasteiger partial charge in [-0.05, 0) is 18.2 Å². The van der Waals surface area contributed by atoms with Crippen LogP contribution in [-0.4, -0.2) is 18.7 Å². The lowest BCUT2D eigenvalue weighted by molar-refractivity contribution is 0.0979. The number of methoxy groups -OCH3 is 1. The molecule has 0 saturated heterocycles. The first-order chi connectivity index (χ1) is 7.56. The van der Waals surface area contributed by atoms with Crippen molar-refractivity contribution in [2.45, 2.75) is 0 Å². The number of hydrogen-bond acceptors (Lipinski definition) is 4. The van der Waals surface area contributed by atoms with Crippen molar-refractivity contribution in [2.24, 2.45) is 5.73 Å². The van der Waals surface area contributed by atoms with Gasteiger partial charge in [-0.2, -0.15) is 0 Å². The zero-order valence-electron chi connectivity index (χ0n) is 8.41. The SMILES string of the molecule is COc1ccc2c(c1)C(=O)C(Cl)=C(N)C2=O. The fraction of sp³-hybridized carbons (Fsp3) is 0.0909. The molecule has 2 N–H and O–H groups in total. The van der Waals surface area contributed by atoms with Crippen LogP contribution in [0.3, 0.4) is 0 Å². The average molecular weight is 238 g/mol. The molecule has 0 fully saturated rings. The molecule has 1 aliphatic rings. The minimum absolute atomic E-state index is 0.204. The van der Waals surface area contributed by atoms with E-state index in [0.29, 0.717) is 5.75 Å². The summed E-state index contributed by atoms with van der Waals surface area (Å²) >= 11 is 5.68. The topological polar surface area (TPSA) is 69.4 Å². The Morgan fingerprint density at radius 2 is 1.88 bits per heavy atom. The number of carbonyl (C=O) groups excluding carboxylic acids is 2. The number of nitrogens with two attached hydrogens (primary N) is 1. The lowest BCUT2D eigenvalue weighted by atomic mass is 9.92. The van der Waals surface area contributed by atoms with E-state index in [1.54, 1.807) is 6.07 Å². The van der Waals surface area contributed by atoms with Crippen LogP contribution in [0.2, 0.25) is 0 Å².